The zero-order valence-electron chi connectivity index (χ0n) is 12.6. The average molecular weight is 320 g/mol. The van der Waals surface area contributed by atoms with Gasteiger partial charge < -0.3 is 9.84 Å². The van der Waals surface area contributed by atoms with Crippen LogP contribution in [0.1, 0.15) is 26.2 Å². The molecule has 2 heterocycles. The van der Waals surface area contributed by atoms with Gasteiger partial charge in [-0.15, -0.1) is 0 Å². The fourth-order valence-electron chi connectivity index (χ4n) is 3.04. The van der Waals surface area contributed by atoms with E-state index in [4.69, 9.17) is 9.84 Å². The van der Waals surface area contributed by atoms with Gasteiger partial charge in [-0.05, 0) is 25.2 Å². The summed E-state index contributed by atoms with van der Waals surface area (Å²) < 4.78 is 33.5. The van der Waals surface area contributed by atoms with Crippen LogP contribution >= 0.6 is 0 Å². The smallest absolute Gasteiger partial charge is 0.307 e. The molecule has 2 aliphatic rings. The normalized spacial score (nSPS) is 33.0. The number of hydrogen-bond acceptors (Lipinski definition) is 4. The number of hydrogen-bond donors (Lipinski definition) is 1. The first-order chi connectivity index (χ1) is 9.86. The Kier molecular flexibility index (Phi) is 5.24. The Balaban J connectivity index is 2.08. The summed E-state index contributed by atoms with van der Waals surface area (Å²) in [6.45, 7) is 3.34. The van der Waals surface area contributed by atoms with E-state index in [1.54, 1.807) is 7.11 Å². The minimum absolute atomic E-state index is 0.0708. The van der Waals surface area contributed by atoms with Crippen molar-refractivity contribution in [2.75, 3.05) is 33.3 Å². The Morgan fingerprint density at radius 2 is 1.86 bits per heavy atom. The summed E-state index contributed by atoms with van der Waals surface area (Å²) in [5, 5.41) is 9.09. The molecule has 2 saturated heterocycles. The van der Waals surface area contributed by atoms with Gasteiger partial charge >= 0.3 is 5.97 Å². The van der Waals surface area contributed by atoms with Crippen molar-refractivity contribution in [3.05, 3.63) is 0 Å². The van der Waals surface area contributed by atoms with Gasteiger partial charge in [0.15, 0.2) is 0 Å². The summed E-state index contributed by atoms with van der Waals surface area (Å²) in [6, 6.07) is 0. The van der Waals surface area contributed by atoms with Gasteiger partial charge in [0.1, 0.15) is 0 Å². The molecule has 0 aromatic rings. The first-order valence-corrected chi connectivity index (χ1v) is 8.76. The van der Waals surface area contributed by atoms with Crippen molar-refractivity contribution >= 4 is 16.2 Å². The zero-order chi connectivity index (χ0) is 15.6. The van der Waals surface area contributed by atoms with Crippen LogP contribution in [-0.2, 0) is 19.7 Å². The van der Waals surface area contributed by atoms with Crippen LogP contribution in [0.4, 0.5) is 0 Å². The number of aliphatic carboxylic acids is 1. The van der Waals surface area contributed by atoms with Crippen molar-refractivity contribution in [1.82, 2.24) is 8.61 Å². The quantitative estimate of drug-likeness (QED) is 0.809. The molecule has 1 N–H and O–H groups in total. The van der Waals surface area contributed by atoms with Crippen molar-refractivity contribution in [2.45, 2.75) is 32.3 Å². The minimum atomic E-state index is -3.59. The summed E-state index contributed by atoms with van der Waals surface area (Å²) in [5.74, 6) is -1.19. The van der Waals surface area contributed by atoms with E-state index in [9.17, 15) is 13.2 Å². The summed E-state index contributed by atoms with van der Waals surface area (Å²) in [5.41, 5.74) is 0. The Morgan fingerprint density at radius 1 is 1.19 bits per heavy atom. The van der Waals surface area contributed by atoms with Gasteiger partial charge in [-0.2, -0.15) is 17.0 Å². The molecule has 0 aromatic carbocycles. The number of rotatable bonds is 4. The summed E-state index contributed by atoms with van der Waals surface area (Å²) in [7, 11) is -2.00. The molecule has 7 nitrogen and oxygen atoms in total. The van der Waals surface area contributed by atoms with E-state index in [-0.39, 0.29) is 12.6 Å². The van der Waals surface area contributed by atoms with Crippen LogP contribution in [0, 0.1) is 11.8 Å². The van der Waals surface area contributed by atoms with E-state index >= 15 is 0 Å². The molecule has 3 unspecified atom stereocenters. The number of carboxylic acids is 1. The Bertz CT molecular complexity index is 481. The third-order valence-electron chi connectivity index (χ3n) is 4.54. The molecule has 0 spiro atoms. The standard InChI is InChI=1S/C13H24N2O5S/c1-10-5-7-15(9-12(10)20-2)21(18,19)14-6-3-4-11(8-14)13(16)17/h10-12H,3-9H2,1-2H3,(H,16,17). The maximum absolute atomic E-state index is 12.7. The summed E-state index contributed by atoms with van der Waals surface area (Å²) in [6.07, 6.45) is 1.79. The van der Waals surface area contributed by atoms with Crippen molar-refractivity contribution < 1.29 is 23.1 Å². The summed E-state index contributed by atoms with van der Waals surface area (Å²) in [4.78, 5) is 11.1. The fourth-order valence-corrected chi connectivity index (χ4v) is 4.76. The molecule has 2 aliphatic heterocycles. The number of carbonyl (C=O) groups is 1. The van der Waals surface area contributed by atoms with Gasteiger partial charge in [0.25, 0.3) is 10.2 Å². The van der Waals surface area contributed by atoms with Crippen LogP contribution in [0.5, 0.6) is 0 Å². The topological polar surface area (TPSA) is 87.2 Å². The highest BCUT2D eigenvalue weighted by molar-refractivity contribution is 7.86. The third-order valence-corrected chi connectivity index (χ3v) is 6.51. The van der Waals surface area contributed by atoms with E-state index < -0.39 is 22.1 Å². The lowest BCUT2D eigenvalue weighted by molar-refractivity contribution is -0.142. The molecule has 21 heavy (non-hydrogen) atoms. The maximum atomic E-state index is 12.7. The number of carboxylic acid groups (broad SMARTS) is 1. The van der Waals surface area contributed by atoms with Crippen molar-refractivity contribution in [3.8, 4) is 0 Å². The van der Waals surface area contributed by atoms with Gasteiger partial charge in [-0.25, -0.2) is 0 Å². The fraction of sp³-hybridized carbons (Fsp3) is 0.923. The number of methoxy groups -OCH3 is 1. The first kappa shape index (κ1) is 16.7. The molecule has 122 valence electrons. The largest absolute Gasteiger partial charge is 0.481 e. The maximum Gasteiger partial charge on any atom is 0.307 e. The predicted octanol–water partition coefficient (Wildman–Crippen LogP) is 0.385. The van der Waals surface area contributed by atoms with Gasteiger partial charge in [0.05, 0.1) is 12.0 Å². The van der Waals surface area contributed by atoms with Gasteiger partial charge in [0, 0.05) is 33.3 Å². The second kappa shape index (κ2) is 6.60. The molecule has 0 radical (unpaired) electrons. The molecule has 2 rings (SSSR count). The van der Waals surface area contributed by atoms with Crippen molar-refractivity contribution in [3.63, 3.8) is 0 Å². The van der Waals surface area contributed by atoms with Crippen LogP contribution in [-0.4, -0.2) is 67.5 Å². The molecule has 0 saturated carbocycles. The molecule has 0 amide bonds. The molecular weight excluding hydrogens is 296 g/mol. The van der Waals surface area contributed by atoms with Crippen LogP contribution in [0.3, 0.4) is 0 Å². The van der Waals surface area contributed by atoms with Crippen LogP contribution in [0.2, 0.25) is 0 Å². The number of piperidine rings is 2. The van der Waals surface area contributed by atoms with Crippen LogP contribution in [0.15, 0.2) is 0 Å². The van der Waals surface area contributed by atoms with Gasteiger partial charge in [0.2, 0.25) is 0 Å². The molecule has 2 fully saturated rings. The average Bonchev–Trinajstić information content (AvgIpc) is 2.47. The van der Waals surface area contributed by atoms with Crippen molar-refractivity contribution in [2.24, 2.45) is 11.8 Å². The minimum Gasteiger partial charge on any atom is -0.481 e. The SMILES string of the molecule is COC1CN(S(=O)(=O)N2CCCC(C(=O)O)C2)CCC1C. The van der Waals surface area contributed by atoms with E-state index in [1.165, 1.54) is 8.61 Å². The molecule has 0 bridgehead atoms. The number of nitrogens with zero attached hydrogens (tertiary/aromatic N) is 2. The highest BCUT2D eigenvalue weighted by Gasteiger charge is 2.39. The Morgan fingerprint density at radius 3 is 2.48 bits per heavy atom. The van der Waals surface area contributed by atoms with E-state index in [2.05, 4.69) is 6.92 Å². The summed E-state index contributed by atoms with van der Waals surface area (Å²) >= 11 is 0. The van der Waals surface area contributed by atoms with Gasteiger partial charge in [-0.3, -0.25) is 4.79 Å². The monoisotopic (exact) mass is 320 g/mol. The van der Waals surface area contributed by atoms with Crippen LogP contribution < -0.4 is 0 Å². The van der Waals surface area contributed by atoms with E-state index in [0.29, 0.717) is 38.4 Å². The lowest BCUT2D eigenvalue weighted by Gasteiger charge is -2.39. The highest BCUT2D eigenvalue weighted by Crippen LogP contribution is 2.26. The lowest BCUT2D eigenvalue weighted by atomic mass is 9.97. The zero-order valence-corrected chi connectivity index (χ0v) is 13.4. The Hall–Kier alpha value is -0.700. The van der Waals surface area contributed by atoms with E-state index in [1.807, 2.05) is 0 Å². The van der Waals surface area contributed by atoms with Gasteiger partial charge in [-0.1, -0.05) is 6.92 Å². The second-order valence-corrected chi connectivity index (χ2v) is 7.87. The lowest BCUT2D eigenvalue weighted by Crippen LogP contribution is -2.54. The van der Waals surface area contributed by atoms with Crippen LogP contribution in [0.25, 0.3) is 0 Å². The second-order valence-electron chi connectivity index (χ2n) is 5.94. The van der Waals surface area contributed by atoms with Crippen molar-refractivity contribution in [1.29, 1.82) is 0 Å². The highest BCUT2D eigenvalue weighted by atomic mass is 32.2. The van der Waals surface area contributed by atoms with E-state index in [0.717, 1.165) is 6.42 Å². The molecular formula is C13H24N2O5S. The third kappa shape index (κ3) is 3.56. The first-order valence-electron chi connectivity index (χ1n) is 7.37. The number of ether oxygens (including phenoxy) is 1. The molecule has 8 heteroatoms. The molecule has 3 atom stereocenters. The molecule has 0 aliphatic carbocycles. The predicted molar refractivity (Wildman–Crippen MR) is 77.0 cm³/mol. The molecule has 0 aromatic heterocycles. The Labute approximate surface area is 126 Å².